The molecule has 0 heterocycles. The quantitative estimate of drug-likeness (QED) is 0.307. The van der Waals surface area contributed by atoms with Gasteiger partial charge in [0.2, 0.25) is 5.78 Å². The fourth-order valence-corrected chi connectivity index (χ4v) is 2.13. The number of alkyl halides is 2. The Labute approximate surface area is 150 Å². The lowest BCUT2D eigenvalue weighted by Gasteiger charge is -2.19. The summed E-state index contributed by atoms with van der Waals surface area (Å²) in [5.41, 5.74) is 0.431. The number of halogens is 2. The number of carbonyl (C=O) groups excluding carboxylic acids is 2. The molecule has 2 rings (SSSR count). The van der Waals surface area contributed by atoms with Gasteiger partial charge in [0.15, 0.2) is 5.76 Å². The van der Waals surface area contributed by atoms with Crippen LogP contribution in [0.5, 0.6) is 0 Å². The first-order chi connectivity index (χ1) is 12.4. The number of esters is 1. The number of carbonyl (C=O) groups is 2. The summed E-state index contributed by atoms with van der Waals surface area (Å²) in [5, 5.41) is 0. The number of benzene rings is 2. The highest BCUT2D eigenvalue weighted by Gasteiger charge is 2.45. The molecule has 0 saturated carbocycles. The van der Waals surface area contributed by atoms with Crippen molar-refractivity contribution in [2.24, 2.45) is 0 Å². The summed E-state index contributed by atoms with van der Waals surface area (Å²) in [5.74, 6) is -7.52. The minimum absolute atomic E-state index is 0.0134. The van der Waals surface area contributed by atoms with Crippen molar-refractivity contribution in [1.82, 2.24) is 0 Å². The second-order valence-electron chi connectivity index (χ2n) is 5.30. The van der Waals surface area contributed by atoms with E-state index in [-0.39, 0.29) is 18.8 Å². The van der Waals surface area contributed by atoms with Gasteiger partial charge in [-0.2, -0.15) is 8.78 Å². The molecule has 0 unspecified atom stereocenters. The zero-order valence-electron chi connectivity index (χ0n) is 14.2. The van der Waals surface area contributed by atoms with E-state index in [4.69, 9.17) is 4.74 Å². The largest absolute Gasteiger partial charge is 0.486 e. The molecule has 136 valence electrons. The Hall–Kier alpha value is -3.02. The zero-order valence-corrected chi connectivity index (χ0v) is 14.2. The highest BCUT2D eigenvalue weighted by atomic mass is 19.3. The number of hydrogen-bond acceptors (Lipinski definition) is 4. The van der Waals surface area contributed by atoms with Crippen LogP contribution in [-0.4, -0.2) is 24.3 Å². The lowest BCUT2D eigenvalue weighted by molar-refractivity contribution is -0.137. The van der Waals surface area contributed by atoms with Crippen LogP contribution >= 0.6 is 0 Å². The van der Waals surface area contributed by atoms with Crippen LogP contribution in [0.4, 0.5) is 8.78 Å². The maximum atomic E-state index is 14.7. The second-order valence-corrected chi connectivity index (χ2v) is 5.30. The Bertz CT molecular complexity index is 771. The predicted octanol–water partition coefficient (Wildman–Crippen LogP) is 4.17. The zero-order chi connectivity index (χ0) is 19.0. The molecule has 2 aromatic carbocycles. The van der Waals surface area contributed by atoms with Gasteiger partial charge in [0.1, 0.15) is 6.61 Å². The van der Waals surface area contributed by atoms with E-state index in [1.807, 2.05) is 0 Å². The lowest BCUT2D eigenvalue weighted by Crippen LogP contribution is -2.33. The van der Waals surface area contributed by atoms with Gasteiger partial charge in [-0.25, -0.2) is 4.79 Å². The van der Waals surface area contributed by atoms with Gasteiger partial charge in [-0.1, -0.05) is 60.7 Å². The van der Waals surface area contributed by atoms with Crippen LogP contribution in [-0.2, 0) is 20.9 Å². The van der Waals surface area contributed by atoms with Crippen molar-refractivity contribution in [2.75, 3.05) is 6.61 Å². The molecule has 0 spiro atoms. The molecule has 0 radical (unpaired) electrons. The van der Waals surface area contributed by atoms with E-state index in [2.05, 4.69) is 4.74 Å². The number of allylic oxidation sites excluding steroid dienone is 1. The lowest BCUT2D eigenvalue weighted by atomic mass is 10.0. The summed E-state index contributed by atoms with van der Waals surface area (Å²) in [7, 11) is 0. The van der Waals surface area contributed by atoms with Crippen LogP contribution in [0.1, 0.15) is 22.8 Å². The molecule has 0 aromatic heterocycles. The number of ketones is 1. The van der Waals surface area contributed by atoms with Crippen molar-refractivity contribution in [1.29, 1.82) is 0 Å². The third-order valence-corrected chi connectivity index (χ3v) is 3.40. The second kappa shape index (κ2) is 8.89. The predicted molar refractivity (Wildman–Crippen MR) is 91.7 cm³/mol. The van der Waals surface area contributed by atoms with Crippen LogP contribution < -0.4 is 0 Å². The molecule has 0 bridgehead atoms. The van der Waals surface area contributed by atoms with E-state index in [0.29, 0.717) is 11.6 Å². The molecule has 26 heavy (non-hydrogen) atoms. The Kier molecular flexibility index (Phi) is 6.60. The molecule has 0 atom stereocenters. The van der Waals surface area contributed by atoms with Gasteiger partial charge in [-0.15, -0.1) is 0 Å². The van der Waals surface area contributed by atoms with Crippen molar-refractivity contribution in [3.63, 3.8) is 0 Å². The number of rotatable bonds is 8. The van der Waals surface area contributed by atoms with Crippen molar-refractivity contribution >= 4 is 11.8 Å². The maximum absolute atomic E-state index is 14.7. The third-order valence-electron chi connectivity index (χ3n) is 3.40. The molecule has 0 saturated heterocycles. The Morgan fingerprint density at radius 2 is 1.54 bits per heavy atom. The van der Waals surface area contributed by atoms with E-state index in [1.54, 1.807) is 43.3 Å². The molecular formula is C20H18F2O4. The van der Waals surface area contributed by atoms with Gasteiger partial charge in [-0.05, 0) is 12.5 Å². The fraction of sp³-hybridized carbons (Fsp3) is 0.200. The SMILES string of the molecule is CCOC(=O)/C=C(\OCc1ccccc1)C(F)(F)C(=O)c1ccccc1. The number of ether oxygens (including phenoxy) is 2. The van der Waals surface area contributed by atoms with Crippen LogP contribution in [0.2, 0.25) is 0 Å². The first-order valence-electron chi connectivity index (χ1n) is 7.98. The minimum atomic E-state index is -4.01. The smallest absolute Gasteiger partial charge is 0.365 e. The van der Waals surface area contributed by atoms with E-state index < -0.39 is 23.4 Å². The summed E-state index contributed by atoms with van der Waals surface area (Å²) < 4.78 is 39.2. The van der Waals surface area contributed by atoms with Crippen molar-refractivity contribution in [2.45, 2.75) is 19.5 Å². The molecule has 0 N–H and O–H groups in total. The fourth-order valence-electron chi connectivity index (χ4n) is 2.13. The standard InChI is InChI=1S/C20H18F2O4/c1-2-25-18(23)13-17(26-14-15-9-5-3-6-10-15)20(21,22)19(24)16-11-7-4-8-12-16/h3-13H,2,14H2,1H3/b17-13-. The number of hydrogen-bond donors (Lipinski definition) is 0. The van der Waals surface area contributed by atoms with Gasteiger partial charge < -0.3 is 9.47 Å². The third kappa shape index (κ3) is 4.99. The molecule has 6 heteroatoms. The Morgan fingerprint density at radius 1 is 0.962 bits per heavy atom. The normalized spacial score (nSPS) is 11.7. The molecule has 4 nitrogen and oxygen atoms in total. The van der Waals surface area contributed by atoms with Crippen LogP contribution in [0.3, 0.4) is 0 Å². The van der Waals surface area contributed by atoms with E-state index in [0.717, 1.165) is 0 Å². The molecule has 0 aliphatic carbocycles. The molecular weight excluding hydrogens is 342 g/mol. The Balaban J connectivity index is 2.29. The summed E-state index contributed by atoms with van der Waals surface area (Å²) in [6, 6.07) is 15.7. The average Bonchev–Trinajstić information content (AvgIpc) is 2.66. The first-order valence-corrected chi connectivity index (χ1v) is 7.98. The van der Waals surface area contributed by atoms with Crippen molar-refractivity contribution in [3.05, 3.63) is 83.6 Å². The summed E-state index contributed by atoms with van der Waals surface area (Å²) >= 11 is 0. The van der Waals surface area contributed by atoms with Crippen LogP contribution in [0.15, 0.2) is 72.5 Å². The summed E-state index contributed by atoms with van der Waals surface area (Å²) in [6.45, 7) is 1.34. The van der Waals surface area contributed by atoms with Gasteiger partial charge in [0.05, 0.1) is 12.7 Å². The van der Waals surface area contributed by atoms with Crippen molar-refractivity contribution in [3.8, 4) is 0 Å². The summed E-state index contributed by atoms with van der Waals surface area (Å²) in [6.07, 6.45) is 0.521. The van der Waals surface area contributed by atoms with E-state index >= 15 is 0 Å². The van der Waals surface area contributed by atoms with Crippen LogP contribution in [0, 0.1) is 0 Å². The molecule has 0 aliphatic heterocycles. The molecule has 2 aromatic rings. The van der Waals surface area contributed by atoms with Gasteiger partial charge in [0.25, 0.3) is 0 Å². The van der Waals surface area contributed by atoms with Crippen molar-refractivity contribution < 1.29 is 27.8 Å². The van der Waals surface area contributed by atoms with Crippen LogP contribution in [0.25, 0.3) is 0 Å². The number of Topliss-reactive ketones (excluding diaryl/α,β-unsaturated/α-hetero) is 1. The van der Waals surface area contributed by atoms with E-state index in [1.165, 1.54) is 24.3 Å². The molecule has 0 amide bonds. The van der Waals surface area contributed by atoms with Gasteiger partial charge in [0, 0.05) is 5.56 Å². The first kappa shape index (κ1) is 19.3. The highest BCUT2D eigenvalue weighted by molar-refractivity contribution is 6.03. The average molecular weight is 360 g/mol. The minimum Gasteiger partial charge on any atom is -0.486 e. The molecule has 0 fully saturated rings. The van der Waals surface area contributed by atoms with Gasteiger partial charge >= 0.3 is 11.9 Å². The van der Waals surface area contributed by atoms with E-state index in [9.17, 15) is 18.4 Å². The highest BCUT2D eigenvalue weighted by Crippen LogP contribution is 2.30. The topological polar surface area (TPSA) is 52.6 Å². The monoisotopic (exact) mass is 360 g/mol. The Morgan fingerprint density at radius 3 is 2.12 bits per heavy atom. The molecule has 0 aliphatic rings. The summed E-state index contributed by atoms with van der Waals surface area (Å²) in [4.78, 5) is 23.9. The maximum Gasteiger partial charge on any atom is 0.365 e. The van der Waals surface area contributed by atoms with Gasteiger partial charge in [-0.3, -0.25) is 4.79 Å².